The number of fused-ring (bicyclic) bond motifs is 3. The average molecular weight is 552 g/mol. The molecule has 2 amide bonds. The number of amides is 2. The summed E-state index contributed by atoms with van der Waals surface area (Å²) in [7, 11) is 0. The molecule has 1 unspecified atom stereocenters. The summed E-state index contributed by atoms with van der Waals surface area (Å²) >= 11 is 1.55. The molecule has 0 radical (unpaired) electrons. The number of cyclic esters (lactones) is 1. The number of aliphatic hydroxyl groups is 1. The number of para-hydroxylation sites is 1. The van der Waals surface area contributed by atoms with E-state index in [2.05, 4.69) is 10.3 Å². The standard InChI is InChI=1S/C28H33N5O5S/c1-27-12-9-17-38-26(37)22(27)21-24(35)32(15-6-2-3-7-16-34)23-25(36)31(14-8-13-28(21,23)39-27)18-33-20-11-5-4-10-19(20)29-30-33/h4-5,8-13,21-23,34H,2-3,6-7,14-18H2,1H3/t21-,22-,23?,27+,28-/m0/s1. The molecule has 11 heteroatoms. The number of carbonyl (C=O) groups is 3. The number of rotatable bonds is 8. The van der Waals surface area contributed by atoms with Crippen molar-refractivity contribution in [2.75, 3.05) is 26.3 Å². The predicted molar refractivity (Wildman–Crippen MR) is 145 cm³/mol. The number of aromatic nitrogens is 3. The number of benzene rings is 1. The SMILES string of the molecule is C[C@@]12C=CCOC(=O)[C@@H]1[C@H]1C(=O)N(CCCCCCO)C3C(=O)N(Cn4nnc5ccccc54)CC=C[C@@]31S2. The van der Waals surface area contributed by atoms with E-state index in [0.717, 1.165) is 23.9 Å². The molecule has 6 rings (SSSR count). The van der Waals surface area contributed by atoms with Gasteiger partial charge in [-0.2, -0.15) is 0 Å². The molecule has 0 bridgehead atoms. The van der Waals surface area contributed by atoms with Gasteiger partial charge in [-0.1, -0.05) is 48.4 Å². The van der Waals surface area contributed by atoms with Crippen LogP contribution in [0.4, 0.5) is 0 Å². The zero-order chi connectivity index (χ0) is 27.2. The number of unbranched alkanes of at least 4 members (excludes halogenated alkanes) is 3. The Bertz CT molecular complexity index is 1360. The fourth-order valence-corrected chi connectivity index (χ4v) is 8.85. The third-order valence-electron chi connectivity index (χ3n) is 8.43. The van der Waals surface area contributed by atoms with Crippen LogP contribution in [0.5, 0.6) is 0 Å². The Morgan fingerprint density at radius 1 is 1.05 bits per heavy atom. The topological polar surface area (TPSA) is 118 Å². The molecule has 10 nitrogen and oxygen atoms in total. The van der Waals surface area contributed by atoms with Crippen LogP contribution < -0.4 is 0 Å². The molecule has 1 N–H and O–H groups in total. The number of esters is 1. The van der Waals surface area contributed by atoms with Crippen molar-refractivity contribution in [3.8, 4) is 0 Å². The van der Waals surface area contributed by atoms with Gasteiger partial charge in [-0.3, -0.25) is 14.4 Å². The molecule has 39 heavy (non-hydrogen) atoms. The summed E-state index contributed by atoms with van der Waals surface area (Å²) in [5, 5.41) is 17.7. The van der Waals surface area contributed by atoms with Crippen molar-refractivity contribution >= 4 is 40.6 Å². The van der Waals surface area contributed by atoms with Gasteiger partial charge in [-0.05, 0) is 38.0 Å². The molecular weight excluding hydrogens is 518 g/mol. The Balaban J connectivity index is 1.37. The summed E-state index contributed by atoms with van der Waals surface area (Å²) in [6.45, 7) is 3.28. The summed E-state index contributed by atoms with van der Waals surface area (Å²) in [5.41, 5.74) is 1.57. The van der Waals surface area contributed by atoms with Crippen molar-refractivity contribution in [2.24, 2.45) is 11.8 Å². The van der Waals surface area contributed by atoms with Gasteiger partial charge in [0.15, 0.2) is 0 Å². The quantitative estimate of drug-likeness (QED) is 0.301. The second-order valence-corrected chi connectivity index (χ2v) is 12.7. The van der Waals surface area contributed by atoms with E-state index in [0.29, 0.717) is 25.9 Å². The minimum Gasteiger partial charge on any atom is -0.461 e. The highest BCUT2D eigenvalue weighted by Crippen LogP contribution is 2.65. The number of carbonyl (C=O) groups excluding carboxylic acids is 3. The first kappa shape index (κ1) is 26.1. The minimum atomic E-state index is -0.890. The third kappa shape index (κ3) is 4.17. The van der Waals surface area contributed by atoms with E-state index in [4.69, 9.17) is 9.84 Å². The molecule has 1 aromatic heterocycles. The number of ether oxygens (including phenoxy) is 1. The number of hydrogen-bond donors (Lipinski definition) is 1. The van der Waals surface area contributed by atoms with Crippen LogP contribution in [-0.4, -0.2) is 89.5 Å². The second-order valence-electron chi connectivity index (χ2n) is 10.9. The van der Waals surface area contributed by atoms with Gasteiger partial charge in [0.2, 0.25) is 11.8 Å². The Kier molecular flexibility index (Phi) is 6.74. The van der Waals surface area contributed by atoms with Crippen molar-refractivity contribution < 1.29 is 24.2 Å². The largest absolute Gasteiger partial charge is 0.461 e. The molecule has 0 aliphatic carbocycles. The van der Waals surface area contributed by atoms with Gasteiger partial charge < -0.3 is 19.6 Å². The first-order chi connectivity index (χ1) is 18.9. The Labute approximate surface area is 231 Å². The summed E-state index contributed by atoms with van der Waals surface area (Å²) in [6.07, 6.45) is 10.9. The fourth-order valence-electron chi connectivity index (χ4n) is 6.70. The van der Waals surface area contributed by atoms with Crippen LogP contribution in [0.15, 0.2) is 48.6 Å². The number of hydrogen-bond acceptors (Lipinski definition) is 8. The fraction of sp³-hybridized carbons (Fsp3) is 0.536. The Morgan fingerprint density at radius 3 is 2.72 bits per heavy atom. The van der Waals surface area contributed by atoms with Gasteiger partial charge in [0.1, 0.15) is 24.8 Å². The van der Waals surface area contributed by atoms with E-state index in [9.17, 15) is 14.4 Å². The lowest BCUT2D eigenvalue weighted by Gasteiger charge is -2.36. The minimum absolute atomic E-state index is 0.137. The maximum absolute atomic E-state index is 14.4. The molecule has 206 valence electrons. The highest BCUT2D eigenvalue weighted by atomic mass is 32.2. The summed E-state index contributed by atoms with van der Waals surface area (Å²) < 4.78 is 5.65. The maximum atomic E-state index is 14.4. The van der Waals surface area contributed by atoms with Crippen molar-refractivity contribution in [3.05, 3.63) is 48.6 Å². The zero-order valence-corrected chi connectivity index (χ0v) is 22.8. The zero-order valence-electron chi connectivity index (χ0n) is 21.9. The number of aliphatic hydroxyl groups excluding tert-OH is 1. The molecule has 2 fully saturated rings. The third-order valence-corrected chi connectivity index (χ3v) is 10.2. The van der Waals surface area contributed by atoms with E-state index < -0.39 is 27.4 Å². The molecule has 4 aliphatic heterocycles. The molecule has 5 heterocycles. The van der Waals surface area contributed by atoms with E-state index in [-0.39, 0.29) is 37.7 Å². The van der Waals surface area contributed by atoms with Crippen molar-refractivity contribution in [3.63, 3.8) is 0 Å². The second kappa shape index (κ2) is 10.1. The van der Waals surface area contributed by atoms with E-state index >= 15 is 0 Å². The highest BCUT2D eigenvalue weighted by Gasteiger charge is 2.73. The molecule has 1 spiro atoms. The smallest absolute Gasteiger partial charge is 0.311 e. The van der Waals surface area contributed by atoms with Crippen LogP contribution in [-0.2, 0) is 25.8 Å². The van der Waals surface area contributed by atoms with Crippen molar-refractivity contribution in [1.29, 1.82) is 0 Å². The Hall–Kier alpha value is -3.18. The van der Waals surface area contributed by atoms with Gasteiger partial charge in [0.05, 0.1) is 22.1 Å². The average Bonchev–Trinajstić information content (AvgIpc) is 3.44. The molecule has 4 aliphatic rings. The van der Waals surface area contributed by atoms with E-state index in [1.165, 1.54) is 0 Å². The number of likely N-dealkylation sites (tertiary alicyclic amines) is 1. The van der Waals surface area contributed by atoms with Gasteiger partial charge >= 0.3 is 5.97 Å². The maximum Gasteiger partial charge on any atom is 0.311 e. The van der Waals surface area contributed by atoms with Crippen LogP contribution in [0.2, 0.25) is 0 Å². The predicted octanol–water partition coefficient (Wildman–Crippen LogP) is 2.14. The van der Waals surface area contributed by atoms with Crippen LogP contribution in [0, 0.1) is 11.8 Å². The summed E-state index contributed by atoms with van der Waals surface area (Å²) in [6, 6.07) is 6.85. The van der Waals surface area contributed by atoms with Crippen LogP contribution in [0.3, 0.4) is 0 Å². The van der Waals surface area contributed by atoms with Gasteiger partial charge in [0.25, 0.3) is 0 Å². The van der Waals surface area contributed by atoms with Crippen molar-refractivity contribution in [1.82, 2.24) is 24.8 Å². The van der Waals surface area contributed by atoms with Crippen LogP contribution >= 0.6 is 11.8 Å². The van der Waals surface area contributed by atoms with Gasteiger partial charge in [-0.25, -0.2) is 4.68 Å². The lowest BCUT2D eigenvalue weighted by atomic mass is 9.75. The molecule has 2 aromatic rings. The van der Waals surface area contributed by atoms with Gasteiger partial charge in [-0.15, -0.1) is 16.9 Å². The molecule has 5 atom stereocenters. The lowest BCUT2D eigenvalue weighted by Crippen LogP contribution is -2.53. The normalized spacial score (nSPS) is 31.7. The van der Waals surface area contributed by atoms with E-state index in [1.807, 2.05) is 55.5 Å². The first-order valence-electron chi connectivity index (χ1n) is 13.6. The lowest BCUT2D eigenvalue weighted by molar-refractivity contribution is -0.152. The number of thioether (sulfide) groups is 1. The monoisotopic (exact) mass is 551 g/mol. The highest BCUT2D eigenvalue weighted by molar-refractivity contribution is 8.02. The van der Waals surface area contributed by atoms with E-state index in [1.54, 1.807) is 26.2 Å². The van der Waals surface area contributed by atoms with Crippen molar-refractivity contribution in [2.45, 2.75) is 54.8 Å². The summed E-state index contributed by atoms with van der Waals surface area (Å²) in [4.78, 5) is 45.3. The number of nitrogens with zero attached hydrogens (tertiary/aromatic N) is 5. The summed E-state index contributed by atoms with van der Waals surface area (Å²) in [5.74, 6) is -2.08. The molecule has 0 saturated carbocycles. The van der Waals surface area contributed by atoms with Crippen LogP contribution in [0.1, 0.15) is 32.6 Å². The van der Waals surface area contributed by atoms with Crippen LogP contribution in [0.25, 0.3) is 11.0 Å². The van der Waals surface area contributed by atoms with Gasteiger partial charge in [0, 0.05) is 24.4 Å². The molecule has 1 aromatic carbocycles. The first-order valence-corrected chi connectivity index (χ1v) is 14.4. The molecular formula is C28H33N5O5S. The Morgan fingerprint density at radius 2 is 1.87 bits per heavy atom. The molecule has 2 saturated heterocycles.